The third-order valence-corrected chi connectivity index (χ3v) is 3.49. The quantitative estimate of drug-likeness (QED) is 0.879. The van der Waals surface area contributed by atoms with Gasteiger partial charge in [-0.05, 0) is 25.0 Å². The largest absolute Gasteiger partial charge is 0.382 e. The van der Waals surface area contributed by atoms with Crippen molar-refractivity contribution in [1.82, 2.24) is 10.2 Å². The van der Waals surface area contributed by atoms with Crippen molar-refractivity contribution in [2.24, 2.45) is 0 Å². The van der Waals surface area contributed by atoms with Crippen molar-refractivity contribution in [2.75, 3.05) is 5.73 Å². The predicted octanol–water partition coefficient (Wildman–Crippen LogP) is 4.31. The number of H-pyrrole nitrogens is 1. The molecule has 0 saturated heterocycles. The second-order valence-electron chi connectivity index (χ2n) is 4.16. The van der Waals surface area contributed by atoms with E-state index in [9.17, 15) is 0 Å². The van der Waals surface area contributed by atoms with Crippen LogP contribution in [0.25, 0.3) is 11.1 Å². The summed E-state index contributed by atoms with van der Waals surface area (Å²) in [7, 11) is 0. The number of nitrogens with zero attached hydrogens (tertiary/aromatic N) is 1. The van der Waals surface area contributed by atoms with E-state index in [4.69, 9.17) is 28.9 Å². The van der Waals surface area contributed by atoms with Crippen molar-refractivity contribution in [3.05, 3.63) is 33.9 Å². The standard InChI is InChI=1S/C13H15Cl2N3/c1-2-3-7-10-12(13(16)18-17-10)11-8(14)5-4-6-9(11)15/h4-6H,2-3,7H2,1H3,(H3,16,17,18). The molecule has 0 fully saturated rings. The molecule has 1 aromatic carbocycles. The van der Waals surface area contributed by atoms with Crippen LogP contribution in [0, 0.1) is 0 Å². The fourth-order valence-electron chi connectivity index (χ4n) is 1.94. The lowest BCUT2D eigenvalue weighted by atomic mass is 10.0. The van der Waals surface area contributed by atoms with Crippen molar-refractivity contribution in [3.8, 4) is 11.1 Å². The Morgan fingerprint density at radius 2 is 1.89 bits per heavy atom. The molecule has 0 spiro atoms. The van der Waals surface area contributed by atoms with E-state index in [2.05, 4.69) is 17.1 Å². The Kier molecular flexibility index (Phi) is 4.15. The van der Waals surface area contributed by atoms with Gasteiger partial charge in [-0.1, -0.05) is 42.6 Å². The molecule has 0 aliphatic rings. The van der Waals surface area contributed by atoms with Gasteiger partial charge in [-0.2, -0.15) is 5.10 Å². The summed E-state index contributed by atoms with van der Waals surface area (Å²) in [5, 5.41) is 8.22. The zero-order chi connectivity index (χ0) is 13.1. The van der Waals surface area contributed by atoms with Crippen molar-refractivity contribution < 1.29 is 0 Å². The molecule has 0 saturated carbocycles. The molecule has 0 bridgehead atoms. The zero-order valence-corrected chi connectivity index (χ0v) is 11.6. The number of halogens is 2. The summed E-state index contributed by atoms with van der Waals surface area (Å²) >= 11 is 12.4. The maximum Gasteiger partial charge on any atom is 0.153 e. The number of anilines is 1. The number of benzene rings is 1. The normalized spacial score (nSPS) is 10.8. The minimum Gasteiger partial charge on any atom is -0.382 e. The lowest BCUT2D eigenvalue weighted by molar-refractivity contribution is 0.773. The van der Waals surface area contributed by atoms with Gasteiger partial charge >= 0.3 is 0 Å². The monoisotopic (exact) mass is 283 g/mol. The molecule has 1 heterocycles. The van der Waals surface area contributed by atoms with Gasteiger partial charge < -0.3 is 5.73 Å². The second kappa shape index (κ2) is 5.63. The van der Waals surface area contributed by atoms with Gasteiger partial charge in [0.2, 0.25) is 0 Å². The van der Waals surface area contributed by atoms with Crippen LogP contribution in [0.5, 0.6) is 0 Å². The van der Waals surface area contributed by atoms with Crippen LogP contribution >= 0.6 is 23.2 Å². The van der Waals surface area contributed by atoms with Crippen molar-refractivity contribution in [1.29, 1.82) is 0 Å². The highest BCUT2D eigenvalue weighted by Crippen LogP contribution is 2.39. The Morgan fingerprint density at radius 1 is 1.22 bits per heavy atom. The van der Waals surface area contributed by atoms with Crippen LogP contribution in [0.4, 0.5) is 5.82 Å². The maximum atomic E-state index is 6.22. The third kappa shape index (κ3) is 2.47. The van der Waals surface area contributed by atoms with Gasteiger partial charge in [0.05, 0.1) is 10.0 Å². The molecule has 0 aliphatic carbocycles. The number of aryl methyl sites for hydroxylation is 1. The summed E-state index contributed by atoms with van der Waals surface area (Å²) in [6, 6.07) is 5.42. The molecule has 2 rings (SSSR count). The number of aromatic amines is 1. The minimum absolute atomic E-state index is 0.441. The van der Waals surface area contributed by atoms with Gasteiger partial charge in [0.15, 0.2) is 5.82 Å². The molecule has 0 unspecified atom stereocenters. The number of rotatable bonds is 4. The van der Waals surface area contributed by atoms with E-state index < -0.39 is 0 Å². The second-order valence-corrected chi connectivity index (χ2v) is 4.98. The van der Waals surface area contributed by atoms with Crippen LogP contribution in [-0.4, -0.2) is 10.2 Å². The smallest absolute Gasteiger partial charge is 0.153 e. The summed E-state index contributed by atoms with van der Waals surface area (Å²) < 4.78 is 0. The van der Waals surface area contributed by atoms with Crippen LogP contribution < -0.4 is 5.73 Å². The SMILES string of the molecule is CCCCc1[nH]nc(N)c1-c1c(Cl)cccc1Cl. The van der Waals surface area contributed by atoms with Crippen LogP contribution in [0.1, 0.15) is 25.5 Å². The Bertz CT molecular complexity index is 529. The van der Waals surface area contributed by atoms with Crippen LogP contribution in [0.15, 0.2) is 18.2 Å². The summed E-state index contributed by atoms with van der Waals surface area (Å²) in [4.78, 5) is 0. The molecular weight excluding hydrogens is 269 g/mol. The number of aromatic nitrogens is 2. The summed E-state index contributed by atoms with van der Waals surface area (Å²) in [6.07, 6.45) is 3.06. The van der Waals surface area contributed by atoms with E-state index in [1.54, 1.807) is 12.1 Å². The highest BCUT2D eigenvalue weighted by atomic mass is 35.5. The van der Waals surface area contributed by atoms with E-state index in [0.29, 0.717) is 15.9 Å². The first-order valence-electron chi connectivity index (χ1n) is 5.92. The lowest BCUT2D eigenvalue weighted by Crippen LogP contribution is -1.93. The molecule has 3 N–H and O–H groups in total. The highest BCUT2D eigenvalue weighted by Gasteiger charge is 2.18. The van der Waals surface area contributed by atoms with Gasteiger partial charge in [0, 0.05) is 16.8 Å². The van der Waals surface area contributed by atoms with E-state index in [1.807, 2.05) is 6.07 Å². The Balaban J connectivity index is 2.52. The first-order valence-corrected chi connectivity index (χ1v) is 6.67. The zero-order valence-electron chi connectivity index (χ0n) is 10.1. The highest BCUT2D eigenvalue weighted by molar-refractivity contribution is 6.39. The van der Waals surface area contributed by atoms with Gasteiger partial charge in [-0.15, -0.1) is 0 Å². The molecule has 0 aliphatic heterocycles. The molecule has 0 atom stereocenters. The predicted molar refractivity (Wildman–Crippen MR) is 77.1 cm³/mol. The van der Waals surface area contributed by atoms with Gasteiger partial charge in [-0.3, -0.25) is 5.10 Å². The van der Waals surface area contributed by atoms with E-state index in [1.165, 1.54) is 0 Å². The molecular formula is C13H15Cl2N3. The number of nitrogen functional groups attached to an aromatic ring is 1. The van der Waals surface area contributed by atoms with E-state index >= 15 is 0 Å². The van der Waals surface area contributed by atoms with Gasteiger partial charge in [0.1, 0.15) is 0 Å². The summed E-state index contributed by atoms with van der Waals surface area (Å²) in [6.45, 7) is 2.14. The van der Waals surface area contributed by atoms with Gasteiger partial charge in [-0.25, -0.2) is 0 Å². The molecule has 2 aromatic rings. The van der Waals surface area contributed by atoms with Crippen molar-refractivity contribution in [3.63, 3.8) is 0 Å². The molecule has 5 heteroatoms. The molecule has 1 aromatic heterocycles. The molecule has 0 amide bonds. The van der Waals surface area contributed by atoms with E-state index in [-0.39, 0.29) is 0 Å². The molecule has 3 nitrogen and oxygen atoms in total. The average Bonchev–Trinajstić information content (AvgIpc) is 2.69. The number of unbranched alkanes of at least 4 members (excludes halogenated alkanes) is 1. The first-order chi connectivity index (χ1) is 8.65. The van der Waals surface area contributed by atoms with Crippen LogP contribution in [-0.2, 0) is 6.42 Å². The number of nitrogens with two attached hydrogens (primary N) is 1. The van der Waals surface area contributed by atoms with Crippen LogP contribution in [0.3, 0.4) is 0 Å². The minimum atomic E-state index is 0.441. The number of nitrogens with one attached hydrogen (secondary N) is 1. The van der Waals surface area contributed by atoms with Crippen molar-refractivity contribution in [2.45, 2.75) is 26.2 Å². The first kappa shape index (κ1) is 13.2. The summed E-state index contributed by atoms with van der Waals surface area (Å²) in [5.74, 6) is 0.441. The molecule has 18 heavy (non-hydrogen) atoms. The maximum absolute atomic E-state index is 6.22. The Labute approximate surface area is 116 Å². The average molecular weight is 284 g/mol. The summed E-state index contributed by atoms with van der Waals surface area (Å²) in [5.41, 5.74) is 8.51. The number of hydrogen-bond acceptors (Lipinski definition) is 2. The third-order valence-electron chi connectivity index (χ3n) is 2.86. The molecule has 0 radical (unpaired) electrons. The fourth-order valence-corrected chi connectivity index (χ4v) is 2.53. The number of hydrogen-bond donors (Lipinski definition) is 2. The molecule has 96 valence electrons. The van der Waals surface area contributed by atoms with Gasteiger partial charge in [0.25, 0.3) is 0 Å². The Hall–Kier alpha value is -1.19. The van der Waals surface area contributed by atoms with E-state index in [0.717, 1.165) is 36.1 Å². The van der Waals surface area contributed by atoms with Crippen LogP contribution in [0.2, 0.25) is 10.0 Å². The lowest BCUT2D eigenvalue weighted by Gasteiger charge is -2.08. The topological polar surface area (TPSA) is 54.7 Å². The Morgan fingerprint density at radius 3 is 2.50 bits per heavy atom. The van der Waals surface area contributed by atoms with Crippen molar-refractivity contribution >= 4 is 29.0 Å². The fraction of sp³-hybridized carbons (Fsp3) is 0.308.